The zero-order valence-corrected chi connectivity index (χ0v) is 12.3. The quantitative estimate of drug-likeness (QED) is 0.758. The van der Waals surface area contributed by atoms with Gasteiger partial charge in [-0.2, -0.15) is 0 Å². The molecule has 1 aliphatic carbocycles. The zero-order chi connectivity index (χ0) is 13.5. The van der Waals surface area contributed by atoms with Gasteiger partial charge in [0.2, 0.25) is 0 Å². The highest BCUT2D eigenvalue weighted by molar-refractivity contribution is 5.19. The molecule has 0 unspecified atom stereocenters. The van der Waals surface area contributed by atoms with E-state index < -0.39 is 0 Å². The summed E-state index contributed by atoms with van der Waals surface area (Å²) in [5.74, 6) is 2.02. The van der Waals surface area contributed by atoms with Crippen molar-refractivity contribution >= 4 is 0 Å². The molecular weight excluding hydrogens is 238 g/mol. The summed E-state index contributed by atoms with van der Waals surface area (Å²) in [4.78, 5) is 0. The summed E-state index contributed by atoms with van der Waals surface area (Å²) in [6.07, 6.45) is 8.02. The molecule has 0 amide bonds. The summed E-state index contributed by atoms with van der Waals surface area (Å²) in [5.41, 5.74) is 1.23. The summed E-state index contributed by atoms with van der Waals surface area (Å²) in [6.45, 7) is 6.76. The lowest BCUT2D eigenvalue weighted by Crippen LogP contribution is -2.16. The van der Waals surface area contributed by atoms with Gasteiger partial charge >= 0.3 is 0 Å². The van der Waals surface area contributed by atoms with Crippen molar-refractivity contribution in [2.75, 3.05) is 6.54 Å². The van der Waals surface area contributed by atoms with Crippen LogP contribution in [0.5, 0.6) is 0 Å². The molecule has 0 radical (unpaired) electrons. The summed E-state index contributed by atoms with van der Waals surface area (Å²) >= 11 is 0. The highest BCUT2D eigenvalue weighted by atomic mass is 16.5. The number of hydrogen-bond acceptors (Lipinski definition) is 3. The first-order valence-electron chi connectivity index (χ1n) is 7.70. The van der Waals surface area contributed by atoms with Gasteiger partial charge in [-0.15, -0.1) is 0 Å². The predicted molar refractivity (Wildman–Crippen MR) is 77.1 cm³/mol. The van der Waals surface area contributed by atoms with Crippen LogP contribution in [0.25, 0.3) is 0 Å². The fourth-order valence-corrected chi connectivity index (χ4v) is 2.65. The van der Waals surface area contributed by atoms with Crippen molar-refractivity contribution in [3.8, 4) is 0 Å². The van der Waals surface area contributed by atoms with Crippen molar-refractivity contribution in [2.45, 2.75) is 71.6 Å². The second-order valence-electron chi connectivity index (χ2n) is 5.57. The summed E-state index contributed by atoms with van der Waals surface area (Å²) in [5, 5.41) is 3.38. The number of aryl methyl sites for hydroxylation is 1. The molecule has 0 spiro atoms. The first-order valence-corrected chi connectivity index (χ1v) is 7.70. The largest absolute Gasteiger partial charge is 0.462 e. The lowest BCUT2D eigenvalue weighted by molar-refractivity contribution is 0.00836. The topological polar surface area (TPSA) is 34.4 Å². The molecule has 0 saturated heterocycles. The monoisotopic (exact) mass is 265 g/mol. The maximum Gasteiger partial charge on any atom is 0.130 e. The number of nitrogens with one attached hydrogen (secondary N) is 1. The molecule has 19 heavy (non-hydrogen) atoms. The fourth-order valence-electron chi connectivity index (χ4n) is 2.65. The van der Waals surface area contributed by atoms with Gasteiger partial charge in [0, 0.05) is 0 Å². The van der Waals surface area contributed by atoms with Crippen LogP contribution in [0.1, 0.15) is 62.5 Å². The Bertz CT molecular complexity index is 367. The van der Waals surface area contributed by atoms with Gasteiger partial charge in [-0.1, -0.05) is 26.2 Å². The maximum absolute atomic E-state index is 5.95. The van der Waals surface area contributed by atoms with Gasteiger partial charge in [-0.25, -0.2) is 0 Å². The third kappa shape index (κ3) is 4.66. The van der Waals surface area contributed by atoms with E-state index in [1.165, 1.54) is 37.7 Å². The molecule has 0 aliphatic heterocycles. The van der Waals surface area contributed by atoms with Crippen molar-refractivity contribution in [2.24, 2.45) is 0 Å². The molecule has 0 aromatic carbocycles. The molecule has 0 bridgehead atoms. The Kier molecular flexibility index (Phi) is 5.93. The van der Waals surface area contributed by atoms with Crippen LogP contribution in [-0.2, 0) is 17.9 Å². The van der Waals surface area contributed by atoms with E-state index in [-0.39, 0.29) is 0 Å². The zero-order valence-electron chi connectivity index (χ0n) is 12.3. The smallest absolute Gasteiger partial charge is 0.130 e. The number of furan rings is 1. The minimum absolute atomic E-state index is 0.445. The van der Waals surface area contributed by atoms with Crippen LogP contribution in [0.4, 0.5) is 0 Å². The van der Waals surface area contributed by atoms with Crippen LogP contribution >= 0.6 is 0 Å². The Morgan fingerprint density at radius 1 is 1.32 bits per heavy atom. The molecule has 3 nitrogen and oxygen atoms in total. The molecule has 2 rings (SSSR count). The van der Waals surface area contributed by atoms with Gasteiger partial charge < -0.3 is 14.5 Å². The third-order valence-electron chi connectivity index (χ3n) is 3.80. The molecule has 1 heterocycles. The van der Waals surface area contributed by atoms with Crippen molar-refractivity contribution in [1.82, 2.24) is 5.32 Å². The lowest BCUT2D eigenvalue weighted by atomic mass is 9.98. The Balaban J connectivity index is 1.78. The molecule has 1 aliphatic rings. The molecule has 1 saturated carbocycles. The standard InChI is InChI=1S/C16H27NO2/c1-3-9-17-11-16-13(2)10-15(19-16)12-18-14-7-5-4-6-8-14/h10,14,17H,3-9,11-12H2,1-2H3. The van der Waals surface area contributed by atoms with Gasteiger partial charge in [0.25, 0.3) is 0 Å². The van der Waals surface area contributed by atoms with Crippen LogP contribution in [-0.4, -0.2) is 12.6 Å². The van der Waals surface area contributed by atoms with Gasteiger partial charge in [0.1, 0.15) is 18.1 Å². The predicted octanol–water partition coefficient (Wildman–Crippen LogP) is 3.94. The van der Waals surface area contributed by atoms with Gasteiger partial charge in [0.05, 0.1) is 12.6 Å². The third-order valence-corrected chi connectivity index (χ3v) is 3.80. The van der Waals surface area contributed by atoms with Gasteiger partial charge in [0.15, 0.2) is 0 Å². The Morgan fingerprint density at radius 2 is 2.11 bits per heavy atom. The van der Waals surface area contributed by atoms with Crippen molar-refractivity contribution < 1.29 is 9.15 Å². The van der Waals surface area contributed by atoms with E-state index in [0.29, 0.717) is 12.7 Å². The van der Waals surface area contributed by atoms with E-state index >= 15 is 0 Å². The summed E-state index contributed by atoms with van der Waals surface area (Å²) in [6, 6.07) is 2.12. The molecule has 1 aromatic heterocycles. The number of ether oxygens (including phenoxy) is 1. The van der Waals surface area contributed by atoms with Gasteiger partial charge in [-0.3, -0.25) is 0 Å². The average Bonchev–Trinajstić information content (AvgIpc) is 2.79. The van der Waals surface area contributed by atoms with Gasteiger partial charge in [-0.05, 0) is 44.4 Å². The Morgan fingerprint density at radius 3 is 2.84 bits per heavy atom. The van der Waals surface area contributed by atoms with E-state index in [0.717, 1.165) is 31.0 Å². The van der Waals surface area contributed by atoms with Crippen LogP contribution in [0.2, 0.25) is 0 Å². The van der Waals surface area contributed by atoms with Crippen LogP contribution < -0.4 is 5.32 Å². The van der Waals surface area contributed by atoms with E-state index in [9.17, 15) is 0 Å². The minimum atomic E-state index is 0.445. The SMILES string of the molecule is CCCNCc1oc(COC2CCCCC2)cc1C. The molecular formula is C16H27NO2. The van der Waals surface area contributed by atoms with Crippen LogP contribution in [0.15, 0.2) is 10.5 Å². The van der Waals surface area contributed by atoms with Crippen LogP contribution in [0, 0.1) is 6.92 Å². The Labute approximate surface area is 116 Å². The molecule has 1 aromatic rings. The van der Waals surface area contributed by atoms with E-state index in [4.69, 9.17) is 9.15 Å². The molecule has 0 atom stereocenters. The molecule has 3 heteroatoms. The highest BCUT2D eigenvalue weighted by Gasteiger charge is 2.15. The number of hydrogen-bond donors (Lipinski definition) is 1. The fraction of sp³-hybridized carbons (Fsp3) is 0.750. The lowest BCUT2D eigenvalue weighted by Gasteiger charge is -2.21. The second-order valence-corrected chi connectivity index (χ2v) is 5.57. The Hall–Kier alpha value is -0.800. The first-order chi connectivity index (χ1) is 9.29. The summed E-state index contributed by atoms with van der Waals surface area (Å²) in [7, 11) is 0. The van der Waals surface area contributed by atoms with Crippen LogP contribution in [0.3, 0.4) is 0 Å². The van der Waals surface area contributed by atoms with E-state index in [2.05, 4.69) is 25.2 Å². The normalized spacial score (nSPS) is 16.9. The molecule has 1 N–H and O–H groups in total. The first kappa shape index (κ1) is 14.6. The van der Waals surface area contributed by atoms with E-state index in [1.807, 2.05) is 0 Å². The number of rotatable bonds is 7. The molecule has 108 valence electrons. The average molecular weight is 265 g/mol. The van der Waals surface area contributed by atoms with Crippen molar-refractivity contribution in [1.29, 1.82) is 0 Å². The minimum Gasteiger partial charge on any atom is -0.462 e. The highest BCUT2D eigenvalue weighted by Crippen LogP contribution is 2.22. The maximum atomic E-state index is 5.95. The van der Waals surface area contributed by atoms with Crippen molar-refractivity contribution in [3.63, 3.8) is 0 Å². The van der Waals surface area contributed by atoms with Crippen molar-refractivity contribution in [3.05, 3.63) is 23.2 Å². The second kappa shape index (κ2) is 7.71. The summed E-state index contributed by atoms with van der Waals surface area (Å²) < 4.78 is 11.8. The molecule has 1 fully saturated rings. The van der Waals surface area contributed by atoms with E-state index in [1.54, 1.807) is 0 Å².